The molecule has 2 rings (SSSR count). The van der Waals surface area contributed by atoms with E-state index < -0.39 is 0 Å². The van der Waals surface area contributed by atoms with E-state index in [1.165, 1.54) is 33.4 Å². The van der Waals surface area contributed by atoms with Crippen molar-refractivity contribution in [2.45, 2.75) is 60.4 Å². The molecule has 1 aliphatic rings. The summed E-state index contributed by atoms with van der Waals surface area (Å²) in [5, 5.41) is 0. The summed E-state index contributed by atoms with van der Waals surface area (Å²) in [6.45, 7) is 14.4. The van der Waals surface area contributed by atoms with Crippen LogP contribution in [-0.4, -0.2) is 5.54 Å². The van der Waals surface area contributed by atoms with E-state index in [9.17, 15) is 0 Å². The first kappa shape index (κ1) is 21.2. The van der Waals surface area contributed by atoms with Gasteiger partial charge in [0.25, 0.3) is 0 Å². The molecule has 0 amide bonds. The quantitative estimate of drug-likeness (QED) is 0.430. The van der Waals surface area contributed by atoms with Crippen molar-refractivity contribution in [1.82, 2.24) is 0 Å². The van der Waals surface area contributed by atoms with Crippen LogP contribution in [0.5, 0.6) is 0 Å². The van der Waals surface area contributed by atoms with E-state index in [-0.39, 0.29) is 27.3 Å². The Hall–Kier alpha value is -0.756. The summed E-state index contributed by atoms with van der Waals surface area (Å²) in [6, 6.07) is 8.67. The van der Waals surface area contributed by atoms with E-state index in [4.69, 9.17) is 5.73 Å². The second kappa shape index (κ2) is 8.77. The van der Waals surface area contributed by atoms with Crippen LogP contribution in [0.1, 0.15) is 66.0 Å². The summed E-state index contributed by atoms with van der Waals surface area (Å²) < 4.78 is 0. The molecule has 0 spiro atoms. The molecule has 0 unspecified atom stereocenters. The van der Waals surface area contributed by atoms with E-state index in [0.717, 1.165) is 6.42 Å². The summed E-state index contributed by atoms with van der Waals surface area (Å²) in [5.41, 5.74) is 15.4. The van der Waals surface area contributed by atoms with E-state index >= 15 is 0 Å². The van der Waals surface area contributed by atoms with Gasteiger partial charge in [-0.1, -0.05) is 50.5 Å². The van der Waals surface area contributed by atoms with Crippen LogP contribution >= 0.6 is 0 Å². The maximum absolute atomic E-state index is 6.94. The van der Waals surface area contributed by atoms with Crippen LogP contribution < -0.4 is 0 Å². The fourth-order valence-corrected chi connectivity index (χ4v) is 2.40. The molecule has 0 bridgehead atoms. The third-order valence-corrected chi connectivity index (χ3v) is 3.69. The number of nitrogens with one attached hydrogen (secondary N) is 1. The molecule has 0 atom stereocenters. The molecular weight excluding hydrogens is 302 g/mol. The van der Waals surface area contributed by atoms with Gasteiger partial charge in [0.15, 0.2) is 0 Å². The van der Waals surface area contributed by atoms with Crippen LogP contribution in [0.4, 0.5) is 0 Å². The largest absolute Gasteiger partial charge is 2.00 e. The van der Waals surface area contributed by atoms with Crippen LogP contribution in [0.15, 0.2) is 41.0 Å². The van der Waals surface area contributed by atoms with Gasteiger partial charge in [-0.05, 0) is 32.8 Å². The van der Waals surface area contributed by atoms with Gasteiger partial charge < -0.3 is 5.73 Å². The van der Waals surface area contributed by atoms with Crippen LogP contribution in [-0.2, 0) is 21.7 Å². The molecule has 1 aromatic rings. The molecule has 2 heteroatoms. The molecule has 0 saturated carbocycles. The van der Waals surface area contributed by atoms with Gasteiger partial charge >= 0.3 is 21.7 Å². The Morgan fingerprint density at radius 2 is 1.50 bits per heavy atom. The van der Waals surface area contributed by atoms with Gasteiger partial charge in [0.1, 0.15) is 0 Å². The Morgan fingerprint density at radius 3 is 1.91 bits per heavy atom. The van der Waals surface area contributed by atoms with Crippen molar-refractivity contribution in [2.75, 3.05) is 0 Å². The molecular formula is C20H29NTi. The number of benzene rings is 1. The summed E-state index contributed by atoms with van der Waals surface area (Å²) in [4.78, 5) is 0. The first-order valence-corrected chi connectivity index (χ1v) is 7.65. The summed E-state index contributed by atoms with van der Waals surface area (Å²) >= 11 is 0. The molecule has 0 radical (unpaired) electrons. The second-order valence-corrected chi connectivity index (χ2v) is 6.81. The van der Waals surface area contributed by atoms with Crippen molar-refractivity contribution in [2.24, 2.45) is 0 Å². The van der Waals surface area contributed by atoms with E-state index in [1.807, 2.05) is 20.8 Å². The monoisotopic (exact) mass is 331 g/mol. The smallest absolute Gasteiger partial charge is 0.673 e. The van der Waals surface area contributed by atoms with Gasteiger partial charge in [-0.25, -0.2) is 0 Å². The van der Waals surface area contributed by atoms with Crippen molar-refractivity contribution >= 4 is 5.57 Å². The zero-order valence-electron chi connectivity index (χ0n) is 15.1. The number of rotatable bonds is 2. The molecule has 1 nitrogen and oxygen atoms in total. The molecule has 0 heterocycles. The fourth-order valence-electron chi connectivity index (χ4n) is 2.40. The van der Waals surface area contributed by atoms with E-state index in [2.05, 4.69) is 58.4 Å². The van der Waals surface area contributed by atoms with E-state index in [1.54, 1.807) is 0 Å². The maximum atomic E-state index is 6.94. The number of hydrogen-bond donors (Lipinski definition) is 0. The van der Waals surface area contributed by atoms with Crippen LogP contribution in [0.25, 0.3) is 11.3 Å². The topological polar surface area (TPSA) is 23.8 Å². The van der Waals surface area contributed by atoms with Gasteiger partial charge in [-0.3, -0.25) is 0 Å². The molecule has 0 fully saturated rings. The molecule has 1 N–H and O–H groups in total. The van der Waals surface area contributed by atoms with Gasteiger partial charge in [0.2, 0.25) is 0 Å². The predicted octanol–water partition coefficient (Wildman–Crippen LogP) is 6.61. The van der Waals surface area contributed by atoms with Gasteiger partial charge in [-0.2, -0.15) is 18.1 Å². The van der Waals surface area contributed by atoms with Gasteiger partial charge in [-0.15, -0.1) is 23.2 Å². The van der Waals surface area contributed by atoms with Crippen molar-refractivity contribution in [3.8, 4) is 0 Å². The van der Waals surface area contributed by atoms with Crippen molar-refractivity contribution in [3.63, 3.8) is 0 Å². The van der Waals surface area contributed by atoms with Gasteiger partial charge in [0, 0.05) is 0 Å². The SMILES string of the molecule is CC(C)(C)[NH-].C[CH-]c1ccccc1C1=C(C)C(C)=C(C)C1.[Ti+2]. The molecule has 118 valence electrons. The molecule has 1 aliphatic carbocycles. The Balaban J connectivity index is 0.000000644. The minimum absolute atomic E-state index is 0. The van der Waals surface area contributed by atoms with Crippen LogP contribution in [0.3, 0.4) is 0 Å². The van der Waals surface area contributed by atoms with Crippen molar-refractivity contribution in [1.29, 1.82) is 0 Å². The Morgan fingerprint density at radius 1 is 1.00 bits per heavy atom. The molecule has 0 aliphatic heterocycles. The fraction of sp³-hybridized carbons (Fsp3) is 0.450. The number of hydrogen-bond acceptors (Lipinski definition) is 0. The minimum Gasteiger partial charge on any atom is -0.673 e. The molecule has 1 aromatic carbocycles. The van der Waals surface area contributed by atoms with Crippen LogP contribution in [0.2, 0.25) is 0 Å². The molecule has 0 aromatic heterocycles. The van der Waals surface area contributed by atoms with Crippen molar-refractivity contribution in [3.05, 3.63) is 64.3 Å². The Labute approximate surface area is 152 Å². The average Bonchev–Trinajstić information content (AvgIpc) is 2.64. The van der Waals surface area contributed by atoms with Crippen LogP contribution in [0, 0.1) is 6.42 Å². The first-order chi connectivity index (χ1) is 9.65. The third kappa shape index (κ3) is 6.16. The zero-order valence-corrected chi connectivity index (χ0v) is 16.7. The normalized spacial score (nSPS) is 14.4. The zero-order chi connectivity index (χ0) is 16.2. The molecule has 0 saturated heterocycles. The predicted molar refractivity (Wildman–Crippen MR) is 95.2 cm³/mol. The summed E-state index contributed by atoms with van der Waals surface area (Å²) in [7, 11) is 0. The Bertz CT molecular complexity index is 553. The second-order valence-electron chi connectivity index (χ2n) is 6.81. The maximum Gasteiger partial charge on any atom is 2.00 e. The minimum atomic E-state index is -0.250. The standard InChI is InChI=1S/C16H19.C4H10N.Ti/c1-5-14-8-6-7-9-15(14)16-10-11(2)12(3)13(16)4;1-4(2,3)5;/h5-9H,10H2,1-4H3;5H,1-3H3;/q2*-1;+2. The average molecular weight is 331 g/mol. The summed E-state index contributed by atoms with van der Waals surface area (Å²) in [6.07, 6.45) is 3.31. The first-order valence-electron chi connectivity index (χ1n) is 7.65. The molecule has 22 heavy (non-hydrogen) atoms. The Kier molecular flexibility index (Phi) is 8.47. The third-order valence-electron chi connectivity index (χ3n) is 3.69. The van der Waals surface area contributed by atoms with Gasteiger partial charge in [0.05, 0.1) is 0 Å². The summed E-state index contributed by atoms with van der Waals surface area (Å²) in [5.74, 6) is 0. The number of allylic oxidation sites excluding steroid dienone is 4. The van der Waals surface area contributed by atoms with E-state index in [0.29, 0.717) is 0 Å². The van der Waals surface area contributed by atoms with Crippen molar-refractivity contribution < 1.29 is 21.7 Å².